The largest absolute Gasteiger partial charge is 0.310 e. The van der Waals surface area contributed by atoms with Crippen LogP contribution in [0.1, 0.15) is 5.48 Å². The summed E-state index contributed by atoms with van der Waals surface area (Å²) in [5, 5.41) is 2.24. The molecule has 0 spiro atoms. The SMILES string of the molecule is [2H]c1c([2H])c(N(c2ccc(-c3ccccc3)cc2)c2ccccc2-c2ccccc2)c([2H])c([2H])c1-c1cccc(-c2cccc3ccccc23)c1. The van der Waals surface area contributed by atoms with Gasteiger partial charge in [0, 0.05) is 16.9 Å². The lowest BCUT2D eigenvalue weighted by atomic mass is 9.95. The number of nitrogens with zero attached hydrogens (tertiary/aromatic N) is 1. The Balaban J connectivity index is 1.31. The van der Waals surface area contributed by atoms with Gasteiger partial charge in [0.05, 0.1) is 11.2 Å². The highest BCUT2D eigenvalue weighted by molar-refractivity contribution is 5.97. The van der Waals surface area contributed by atoms with E-state index in [1.54, 1.807) is 0 Å². The normalized spacial score (nSPS) is 12.2. The van der Waals surface area contributed by atoms with Crippen LogP contribution in [0.3, 0.4) is 0 Å². The summed E-state index contributed by atoms with van der Waals surface area (Å²) >= 11 is 0. The molecule has 0 aliphatic carbocycles. The van der Waals surface area contributed by atoms with E-state index in [9.17, 15) is 5.48 Å². The van der Waals surface area contributed by atoms with Gasteiger partial charge in [-0.25, -0.2) is 0 Å². The number of benzene rings is 8. The molecule has 0 bridgehead atoms. The Bertz CT molecular complexity index is 2480. The van der Waals surface area contributed by atoms with Crippen molar-refractivity contribution in [2.75, 3.05) is 4.90 Å². The zero-order chi connectivity index (χ0) is 34.9. The van der Waals surface area contributed by atoms with E-state index in [-0.39, 0.29) is 35.4 Å². The molecule has 8 aromatic rings. The topological polar surface area (TPSA) is 3.24 Å². The molecule has 0 atom stereocenters. The number of para-hydroxylation sites is 1. The van der Waals surface area contributed by atoms with Gasteiger partial charge in [0.25, 0.3) is 0 Å². The third-order valence-corrected chi connectivity index (χ3v) is 8.55. The maximum atomic E-state index is 9.50. The molecule has 0 unspecified atom stereocenters. The minimum Gasteiger partial charge on any atom is -0.310 e. The molecule has 47 heavy (non-hydrogen) atoms. The number of hydrogen-bond donors (Lipinski definition) is 0. The van der Waals surface area contributed by atoms with Crippen molar-refractivity contribution in [3.8, 4) is 44.5 Å². The van der Waals surface area contributed by atoms with Gasteiger partial charge in [-0.3, -0.25) is 0 Å². The van der Waals surface area contributed by atoms with Crippen LogP contribution >= 0.6 is 0 Å². The van der Waals surface area contributed by atoms with Gasteiger partial charge in [0.15, 0.2) is 0 Å². The molecule has 1 nitrogen and oxygen atoms in total. The first-order valence-corrected chi connectivity index (χ1v) is 15.8. The van der Waals surface area contributed by atoms with Gasteiger partial charge in [-0.05, 0) is 86.1 Å². The maximum absolute atomic E-state index is 9.50. The lowest BCUT2D eigenvalue weighted by molar-refractivity contribution is 1.28. The van der Waals surface area contributed by atoms with E-state index in [0.717, 1.165) is 55.5 Å². The molecule has 0 fully saturated rings. The van der Waals surface area contributed by atoms with Gasteiger partial charge in [-0.15, -0.1) is 0 Å². The van der Waals surface area contributed by atoms with Gasteiger partial charge >= 0.3 is 0 Å². The molecular formula is C46H33N. The molecule has 0 amide bonds. The third-order valence-electron chi connectivity index (χ3n) is 8.55. The summed E-state index contributed by atoms with van der Waals surface area (Å²) in [4.78, 5) is 1.87. The summed E-state index contributed by atoms with van der Waals surface area (Å²) in [5.41, 5.74) is 8.58. The van der Waals surface area contributed by atoms with Crippen molar-refractivity contribution in [1.29, 1.82) is 0 Å². The molecule has 0 aliphatic rings. The van der Waals surface area contributed by atoms with Gasteiger partial charge in [0.1, 0.15) is 0 Å². The van der Waals surface area contributed by atoms with Crippen molar-refractivity contribution in [2.45, 2.75) is 0 Å². The van der Waals surface area contributed by atoms with E-state index >= 15 is 0 Å². The fraction of sp³-hybridized carbons (Fsp3) is 0. The summed E-state index contributed by atoms with van der Waals surface area (Å²) in [5.74, 6) is 0. The number of anilines is 3. The highest BCUT2D eigenvalue weighted by Gasteiger charge is 2.17. The van der Waals surface area contributed by atoms with Gasteiger partial charge in [-0.2, -0.15) is 0 Å². The Morgan fingerprint density at radius 2 is 0.894 bits per heavy atom. The predicted octanol–water partition coefficient (Wildman–Crippen LogP) is 13.0. The molecule has 8 rings (SSSR count). The van der Waals surface area contributed by atoms with E-state index in [2.05, 4.69) is 36.4 Å². The molecular weight excluding hydrogens is 567 g/mol. The van der Waals surface area contributed by atoms with Crippen LogP contribution in [0.15, 0.2) is 200 Å². The Hall–Kier alpha value is -6.18. The van der Waals surface area contributed by atoms with Crippen LogP contribution in [-0.2, 0) is 0 Å². The van der Waals surface area contributed by atoms with Crippen LogP contribution in [0.2, 0.25) is 0 Å². The molecule has 0 saturated heterocycles. The first-order chi connectivity index (χ1) is 25.0. The van der Waals surface area contributed by atoms with Crippen LogP contribution < -0.4 is 4.90 Å². The van der Waals surface area contributed by atoms with Crippen LogP contribution in [0.25, 0.3) is 55.3 Å². The predicted molar refractivity (Wildman–Crippen MR) is 200 cm³/mol. The Kier molecular flexibility index (Phi) is 6.50. The van der Waals surface area contributed by atoms with Crippen LogP contribution in [0, 0.1) is 0 Å². The maximum Gasteiger partial charge on any atom is 0.0645 e. The number of fused-ring (bicyclic) bond motifs is 1. The molecule has 8 aromatic carbocycles. The number of rotatable bonds is 7. The van der Waals surface area contributed by atoms with Crippen molar-refractivity contribution >= 4 is 27.8 Å². The van der Waals surface area contributed by atoms with E-state index in [1.165, 1.54) is 0 Å². The van der Waals surface area contributed by atoms with Crippen molar-refractivity contribution in [3.63, 3.8) is 0 Å². The first kappa shape index (κ1) is 24.1. The van der Waals surface area contributed by atoms with Crippen molar-refractivity contribution in [1.82, 2.24) is 0 Å². The molecule has 1 heteroatoms. The zero-order valence-corrected chi connectivity index (χ0v) is 25.7. The Morgan fingerprint density at radius 1 is 0.340 bits per heavy atom. The van der Waals surface area contributed by atoms with Gasteiger partial charge in [-0.1, -0.05) is 164 Å². The molecule has 0 radical (unpaired) electrons. The average Bonchev–Trinajstić information content (AvgIpc) is 3.19. The fourth-order valence-electron chi connectivity index (χ4n) is 6.23. The summed E-state index contributed by atoms with van der Waals surface area (Å²) in [6.45, 7) is 0. The minimum absolute atomic E-state index is 0.0934. The molecule has 0 N–H and O–H groups in total. The fourth-order valence-corrected chi connectivity index (χ4v) is 6.23. The monoisotopic (exact) mass is 603 g/mol. The summed E-state index contributed by atoms with van der Waals surface area (Å²) < 4.78 is 37.8. The lowest BCUT2D eigenvalue weighted by Gasteiger charge is -2.28. The standard InChI is InChI=1S/C46H33N/c1-3-13-34(14-4-1)35-25-29-41(30-26-35)47(46-24-10-9-22-45(46)38-15-5-2-6-16-38)42-31-27-36(28-32-42)39-19-11-20-40(33-39)44-23-12-18-37-17-7-8-21-43(37)44/h1-33H/i27D,28D,31D,32D. The minimum atomic E-state index is -0.114. The quantitative estimate of drug-likeness (QED) is 0.175. The van der Waals surface area contributed by atoms with E-state index in [0.29, 0.717) is 5.56 Å². The molecule has 0 heterocycles. The van der Waals surface area contributed by atoms with E-state index in [1.807, 2.05) is 144 Å². The van der Waals surface area contributed by atoms with Crippen LogP contribution in [0.5, 0.6) is 0 Å². The zero-order valence-electron chi connectivity index (χ0n) is 29.7. The third kappa shape index (κ3) is 5.72. The van der Waals surface area contributed by atoms with E-state index < -0.39 is 0 Å². The second kappa shape index (κ2) is 12.7. The molecule has 0 aliphatic heterocycles. The van der Waals surface area contributed by atoms with Crippen molar-refractivity contribution in [2.24, 2.45) is 0 Å². The lowest BCUT2D eigenvalue weighted by Crippen LogP contribution is -2.11. The second-order valence-electron chi connectivity index (χ2n) is 11.5. The smallest absolute Gasteiger partial charge is 0.0645 e. The highest BCUT2D eigenvalue weighted by atomic mass is 15.1. The molecule has 222 valence electrons. The van der Waals surface area contributed by atoms with E-state index in [4.69, 9.17) is 0 Å². The van der Waals surface area contributed by atoms with Gasteiger partial charge in [0.2, 0.25) is 0 Å². The summed E-state index contributed by atoms with van der Waals surface area (Å²) in [7, 11) is 0. The average molecular weight is 604 g/mol. The summed E-state index contributed by atoms with van der Waals surface area (Å²) in [6.07, 6.45) is 0. The Morgan fingerprint density at radius 3 is 1.68 bits per heavy atom. The van der Waals surface area contributed by atoms with Gasteiger partial charge < -0.3 is 4.90 Å². The number of hydrogen-bond acceptors (Lipinski definition) is 1. The van der Waals surface area contributed by atoms with Crippen molar-refractivity contribution in [3.05, 3.63) is 200 Å². The Labute approximate surface area is 282 Å². The van der Waals surface area contributed by atoms with Crippen molar-refractivity contribution < 1.29 is 5.48 Å². The first-order valence-electron chi connectivity index (χ1n) is 17.8. The molecule has 0 saturated carbocycles. The molecule has 0 aromatic heterocycles. The van der Waals surface area contributed by atoms with Crippen LogP contribution in [0.4, 0.5) is 17.1 Å². The summed E-state index contributed by atoms with van der Waals surface area (Å²) in [6, 6.07) is 57.9. The van der Waals surface area contributed by atoms with Crippen LogP contribution in [-0.4, -0.2) is 0 Å². The second-order valence-corrected chi connectivity index (χ2v) is 11.5. The highest BCUT2D eigenvalue weighted by Crippen LogP contribution is 2.42.